The van der Waals surface area contributed by atoms with E-state index < -0.39 is 12.3 Å². The largest absolute Gasteiger partial charge is 0.427 e. The van der Waals surface area contributed by atoms with E-state index in [1.165, 1.54) is 44.9 Å². The van der Waals surface area contributed by atoms with Gasteiger partial charge in [0.2, 0.25) is 0 Å². The van der Waals surface area contributed by atoms with Gasteiger partial charge < -0.3 is 14.7 Å². The Morgan fingerprint density at radius 1 is 1.16 bits per heavy atom. The first-order valence-electron chi connectivity index (χ1n) is 13.6. The second kappa shape index (κ2) is 10.2. The molecule has 2 saturated carbocycles. The number of anilines is 1. The molecule has 3 aliphatic rings. The fourth-order valence-corrected chi connectivity index (χ4v) is 6.48. The Labute approximate surface area is 221 Å². The van der Waals surface area contributed by atoms with Crippen molar-refractivity contribution < 1.29 is 9.63 Å². The molecule has 3 N–H and O–H groups in total. The van der Waals surface area contributed by atoms with Crippen LogP contribution in [0.4, 0.5) is 10.6 Å². The number of amides is 1. The van der Waals surface area contributed by atoms with Gasteiger partial charge in [-0.3, -0.25) is 5.32 Å². The minimum atomic E-state index is -0.624. The summed E-state index contributed by atoms with van der Waals surface area (Å²) in [5.41, 5.74) is 7.16. The van der Waals surface area contributed by atoms with Crippen LogP contribution in [0.5, 0.6) is 0 Å². The zero-order valence-corrected chi connectivity index (χ0v) is 22.6. The molecule has 1 amide bonds. The molecule has 2 aliphatic carbocycles. The van der Waals surface area contributed by atoms with E-state index in [9.17, 15) is 4.79 Å². The van der Waals surface area contributed by atoms with Gasteiger partial charge in [-0.05, 0) is 57.3 Å². The van der Waals surface area contributed by atoms with Gasteiger partial charge in [-0.1, -0.05) is 26.2 Å². The Balaban J connectivity index is 1.46. The summed E-state index contributed by atoms with van der Waals surface area (Å²) in [5.74, 6) is 4.22. The molecule has 10 nitrogen and oxygen atoms in total. The third-order valence-electron chi connectivity index (χ3n) is 8.52. The van der Waals surface area contributed by atoms with Gasteiger partial charge in [0.05, 0.1) is 17.1 Å². The highest BCUT2D eigenvalue weighted by Crippen LogP contribution is 2.36. The molecular weight excluding hydrogens is 488 g/mol. The van der Waals surface area contributed by atoms with Crippen molar-refractivity contribution in [3.8, 4) is 0 Å². The second-order valence-corrected chi connectivity index (χ2v) is 11.9. The van der Waals surface area contributed by atoms with Crippen molar-refractivity contribution in [1.82, 2.24) is 35.3 Å². The van der Waals surface area contributed by atoms with E-state index in [0.717, 1.165) is 35.3 Å². The van der Waals surface area contributed by atoms with Crippen LogP contribution in [0.3, 0.4) is 0 Å². The lowest BCUT2D eigenvalue weighted by atomic mass is 9.80. The molecule has 3 aromatic heterocycles. The van der Waals surface area contributed by atoms with E-state index in [1.807, 2.05) is 5.51 Å². The summed E-state index contributed by atoms with van der Waals surface area (Å²) >= 11 is 1.60. The number of imidazole rings is 1. The fraction of sp³-hybridized carbons (Fsp3) is 0.654. The number of carbonyl (C=O) groups is 1. The quantitative estimate of drug-likeness (QED) is 0.372. The average Bonchev–Trinajstić information content (AvgIpc) is 3.59. The molecule has 6 rings (SSSR count). The van der Waals surface area contributed by atoms with E-state index in [0.29, 0.717) is 23.3 Å². The van der Waals surface area contributed by atoms with Crippen LogP contribution in [0.15, 0.2) is 10.9 Å². The predicted molar refractivity (Wildman–Crippen MR) is 142 cm³/mol. The molecule has 2 unspecified atom stereocenters. The second-order valence-electron chi connectivity index (χ2n) is 11.2. The zero-order valence-electron chi connectivity index (χ0n) is 21.7. The molecule has 198 valence electrons. The highest BCUT2D eigenvalue weighted by atomic mass is 32.1. The summed E-state index contributed by atoms with van der Waals surface area (Å²) < 4.78 is 2.36. The minimum Gasteiger partial charge on any atom is -0.365 e. The van der Waals surface area contributed by atoms with Crippen LogP contribution in [-0.4, -0.2) is 36.6 Å². The maximum absolute atomic E-state index is 11.7. The molecule has 0 aromatic carbocycles. The molecule has 4 heterocycles. The molecule has 3 fully saturated rings. The number of fused-ring (bicyclic) bond motifs is 1. The van der Waals surface area contributed by atoms with Crippen molar-refractivity contribution in [2.45, 2.75) is 90.4 Å². The van der Waals surface area contributed by atoms with Crippen LogP contribution >= 0.6 is 11.3 Å². The van der Waals surface area contributed by atoms with Crippen LogP contribution in [0.25, 0.3) is 11.2 Å². The monoisotopic (exact) mass is 524 g/mol. The van der Waals surface area contributed by atoms with Crippen LogP contribution in [0.1, 0.15) is 95.1 Å². The van der Waals surface area contributed by atoms with Crippen LogP contribution in [-0.2, 0) is 11.4 Å². The van der Waals surface area contributed by atoms with E-state index in [4.69, 9.17) is 19.8 Å². The van der Waals surface area contributed by atoms with E-state index in [-0.39, 0.29) is 12.0 Å². The highest BCUT2D eigenvalue weighted by molar-refractivity contribution is 7.07. The Bertz CT molecular complexity index is 1250. The molecule has 1 aliphatic heterocycles. The molecule has 37 heavy (non-hydrogen) atoms. The number of hydrogen-bond acceptors (Lipinski definition) is 9. The number of thiazole rings is 1. The maximum Gasteiger partial charge on any atom is 0.427 e. The van der Waals surface area contributed by atoms with E-state index in [1.54, 1.807) is 11.3 Å². The number of nitrogens with one attached hydrogen (secondary N) is 3. The lowest BCUT2D eigenvalue weighted by Crippen LogP contribution is -2.32. The number of carbonyl (C=O) groups excluding carboxylic acids is 1. The Morgan fingerprint density at radius 2 is 1.97 bits per heavy atom. The van der Waals surface area contributed by atoms with Crippen molar-refractivity contribution in [3.05, 3.63) is 28.2 Å². The third kappa shape index (κ3) is 4.90. The standard InChI is InChI=1S/C26H36N8O2S/c1-14-7-9-17(10-8-14)11-34-20-21(28-16(3)18-5-4-6-18)29-23(24-32-26(35)36-33-24)30-22(20)31-25(34)15(2)19-12-37-13-27-19/h12-18,24,33H,4-11H2,1-3H3,(H,32,35)(H,28,29,30)/t14?,15?,16-,17?,24?/m1/s1. The number of rotatable bonds is 8. The Morgan fingerprint density at radius 3 is 2.62 bits per heavy atom. The van der Waals surface area contributed by atoms with Crippen molar-refractivity contribution in [3.63, 3.8) is 0 Å². The predicted octanol–water partition coefficient (Wildman–Crippen LogP) is 5.10. The van der Waals surface area contributed by atoms with Gasteiger partial charge in [0.25, 0.3) is 0 Å². The Hall–Kier alpha value is -2.79. The van der Waals surface area contributed by atoms with Crippen molar-refractivity contribution in [1.29, 1.82) is 0 Å². The van der Waals surface area contributed by atoms with E-state index >= 15 is 0 Å². The van der Waals surface area contributed by atoms with Gasteiger partial charge in [0.1, 0.15) is 11.3 Å². The summed E-state index contributed by atoms with van der Waals surface area (Å²) in [6, 6.07) is 0.278. The molecule has 0 spiro atoms. The highest BCUT2D eigenvalue weighted by Gasteiger charge is 2.32. The molecule has 1 saturated heterocycles. The molecule has 11 heteroatoms. The van der Waals surface area contributed by atoms with Gasteiger partial charge in [0, 0.05) is 18.0 Å². The summed E-state index contributed by atoms with van der Waals surface area (Å²) in [6.45, 7) is 7.65. The van der Waals surface area contributed by atoms with Gasteiger partial charge in [-0.15, -0.1) is 16.8 Å². The van der Waals surface area contributed by atoms with Gasteiger partial charge in [0.15, 0.2) is 23.5 Å². The van der Waals surface area contributed by atoms with Crippen LogP contribution in [0.2, 0.25) is 0 Å². The van der Waals surface area contributed by atoms with Gasteiger partial charge in [-0.25, -0.2) is 24.7 Å². The molecule has 3 aromatic rings. The van der Waals surface area contributed by atoms with Crippen LogP contribution in [0, 0.1) is 17.8 Å². The summed E-state index contributed by atoms with van der Waals surface area (Å²) in [4.78, 5) is 36.1. The first kappa shape index (κ1) is 24.5. The number of hydrogen-bond donors (Lipinski definition) is 3. The topological polar surface area (TPSA) is 119 Å². The Kier molecular flexibility index (Phi) is 6.74. The maximum atomic E-state index is 11.7. The van der Waals surface area contributed by atoms with Crippen molar-refractivity contribution in [2.75, 3.05) is 5.32 Å². The van der Waals surface area contributed by atoms with Gasteiger partial charge >= 0.3 is 6.09 Å². The first-order chi connectivity index (χ1) is 18.0. The molecule has 3 atom stereocenters. The lowest BCUT2D eigenvalue weighted by Gasteiger charge is -2.32. The first-order valence-corrected chi connectivity index (χ1v) is 14.6. The van der Waals surface area contributed by atoms with E-state index in [2.05, 4.69) is 51.8 Å². The SMILES string of the molecule is CC1CCC(Cn2c(C(C)c3cscn3)nc3nc(C4NOC(=O)N4)nc(N[C@H](C)C4CCC4)c32)CC1. The summed E-state index contributed by atoms with van der Waals surface area (Å²) in [5, 5.41) is 8.55. The summed E-state index contributed by atoms with van der Waals surface area (Å²) in [6.07, 6.45) is 7.56. The summed E-state index contributed by atoms with van der Waals surface area (Å²) in [7, 11) is 0. The minimum absolute atomic E-state index is 0.0240. The lowest BCUT2D eigenvalue weighted by molar-refractivity contribution is 0.120. The molecular formula is C26H36N8O2S. The molecule has 0 radical (unpaired) electrons. The third-order valence-corrected chi connectivity index (χ3v) is 9.12. The smallest absolute Gasteiger partial charge is 0.365 e. The molecule has 0 bridgehead atoms. The normalized spacial score (nSPS) is 25.9. The van der Waals surface area contributed by atoms with Gasteiger partial charge in [-0.2, -0.15) is 0 Å². The zero-order chi connectivity index (χ0) is 25.5. The number of hydroxylamine groups is 1. The fourth-order valence-electron chi connectivity index (χ4n) is 5.83. The number of nitrogens with zero attached hydrogens (tertiary/aromatic N) is 5. The van der Waals surface area contributed by atoms with Crippen LogP contribution < -0.4 is 16.1 Å². The van der Waals surface area contributed by atoms with Crippen molar-refractivity contribution >= 4 is 34.4 Å². The van der Waals surface area contributed by atoms with Crippen molar-refractivity contribution in [2.24, 2.45) is 17.8 Å². The number of aromatic nitrogens is 5. The average molecular weight is 525 g/mol.